The first-order valence-corrected chi connectivity index (χ1v) is 11.5. The Hall–Kier alpha value is -3.55. The second-order valence-electron chi connectivity index (χ2n) is 6.95. The summed E-state index contributed by atoms with van der Waals surface area (Å²) >= 11 is 5.81. The van der Waals surface area contributed by atoms with Crippen LogP contribution in [0.1, 0.15) is 10.4 Å². The van der Waals surface area contributed by atoms with Gasteiger partial charge >= 0.3 is 0 Å². The molecule has 4 rings (SSSR count). The minimum absolute atomic E-state index is 0.0927. The van der Waals surface area contributed by atoms with Gasteiger partial charge in [-0.1, -0.05) is 35.9 Å². The van der Waals surface area contributed by atoms with Crippen molar-refractivity contribution in [3.8, 4) is 5.75 Å². The molecule has 4 aromatic rings. The Labute approximate surface area is 190 Å². The van der Waals surface area contributed by atoms with E-state index in [9.17, 15) is 13.2 Å². The van der Waals surface area contributed by atoms with E-state index in [4.69, 9.17) is 16.3 Å². The second-order valence-corrected chi connectivity index (χ2v) is 9.07. The average Bonchev–Trinajstić information content (AvgIpc) is 2.80. The molecule has 0 saturated heterocycles. The molecule has 0 unspecified atom stereocenters. The van der Waals surface area contributed by atoms with Crippen LogP contribution in [0.3, 0.4) is 0 Å². The number of methoxy groups -OCH3 is 1. The third kappa shape index (κ3) is 4.54. The number of benzene rings is 4. The zero-order chi connectivity index (χ0) is 22.7. The summed E-state index contributed by atoms with van der Waals surface area (Å²) in [5.41, 5.74) is 1.38. The third-order valence-corrected chi connectivity index (χ3v) is 6.52. The van der Waals surface area contributed by atoms with Crippen LogP contribution in [0.15, 0.2) is 89.8 Å². The van der Waals surface area contributed by atoms with E-state index in [-0.39, 0.29) is 10.8 Å². The van der Waals surface area contributed by atoms with Gasteiger partial charge in [0.05, 0.1) is 12.0 Å². The maximum absolute atomic E-state index is 12.8. The summed E-state index contributed by atoms with van der Waals surface area (Å²) in [6.07, 6.45) is 0. The van der Waals surface area contributed by atoms with Gasteiger partial charge in [-0.2, -0.15) is 0 Å². The van der Waals surface area contributed by atoms with Crippen LogP contribution in [-0.2, 0) is 10.0 Å². The standard InChI is InChI=1S/C24H19ClN2O4S/c1-31-23-15-14-22(20-4-2-3-5-21(20)23)26-24(28)16-6-10-18(11-7-16)27-32(29,30)19-12-8-17(25)9-13-19/h2-15,27H,1H3,(H,26,28). The van der Waals surface area contributed by atoms with Crippen molar-refractivity contribution >= 4 is 49.7 Å². The SMILES string of the molecule is COc1ccc(NC(=O)c2ccc(NS(=O)(=O)c3ccc(Cl)cc3)cc2)c2ccccc12. The zero-order valence-corrected chi connectivity index (χ0v) is 18.6. The fraction of sp³-hybridized carbons (Fsp3) is 0.0417. The van der Waals surface area contributed by atoms with Crippen LogP contribution >= 0.6 is 11.6 Å². The van der Waals surface area contributed by atoms with Crippen LogP contribution in [0.25, 0.3) is 10.8 Å². The number of fused-ring (bicyclic) bond motifs is 1. The first-order valence-electron chi connectivity index (χ1n) is 9.63. The first kappa shape index (κ1) is 21.7. The van der Waals surface area contributed by atoms with Crippen LogP contribution in [0.2, 0.25) is 5.02 Å². The lowest BCUT2D eigenvalue weighted by molar-refractivity contribution is 0.102. The molecule has 32 heavy (non-hydrogen) atoms. The third-order valence-electron chi connectivity index (χ3n) is 4.88. The molecule has 0 radical (unpaired) electrons. The van der Waals surface area contributed by atoms with Crippen molar-refractivity contribution in [1.82, 2.24) is 0 Å². The minimum Gasteiger partial charge on any atom is -0.496 e. The Kier molecular flexibility index (Phi) is 6.03. The predicted octanol–water partition coefficient (Wildman–Crippen LogP) is 5.55. The highest BCUT2D eigenvalue weighted by molar-refractivity contribution is 7.92. The van der Waals surface area contributed by atoms with Gasteiger partial charge in [-0.3, -0.25) is 9.52 Å². The topological polar surface area (TPSA) is 84.5 Å². The number of anilines is 2. The Morgan fingerprint density at radius 3 is 2.16 bits per heavy atom. The fourth-order valence-electron chi connectivity index (χ4n) is 3.27. The number of hydrogen-bond acceptors (Lipinski definition) is 4. The lowest BCUT2D eigenvalue weighted by Crippen LogP contribution is -2.14. The maximum atomic E-state index is 12.8. The molecule has 0 aliphatic heterocycles. The smallest absolute Gasteiger partial charge is 0.261 e. The van der Waals surface area contributed by atoms with E-state index in [0.29, 0.717) is 22.0 Å². The first-order chi connectivity index (χ1) is 15.4. The molecule has 0 fully saturated rings. The Balaban J connectivity index is 1.52. The van der Waals surface area contributed by atoms with E-state index >= 15 is 0 Å². The Bertz CT molecular complexity index is 1390. The van der Waals surface area contributed by atoms with Gasteiger partial charge in [0.2, 0.25) is 0 Å². The van der Waals surface area contributed by atoms with Gasteiger partial charge in [-0.05, 0) is 60.7 Å². The molecule has 0 aromatic heterocycles. The molecule has 2 N–H and O–H groups in total. The highest BCUT2D eigenvalue weighted by Gasteiger charge is 2.15. The van der Waals surface area contributed by atoms with Crippen molar-refractivity contribution in [2.45, 2.75) is 4.90 Å². The van der Waals surface area contributed by atoms with E-state index in [0.717, 1.165) is 16.5 Å². The fourth-order valence-corrected chi connectivity index (χ4v) is 4.45. The van der Waals surface area contributed by atoms with Crippen LogP contribution in [0.4, 0.5) is 11.4 Å². The van der Waals surface area contributed by atoms with Crippen LogP contribution in [0, 0.1) is 0 Å². The zero-order valence-electron chi connectivity index (χ0n) is 17.0. The predicted molar refractivity (Wildman–Crippen MR) is 127 cm³/mol. The number of carbonyl (C=O) groups excluding carboxylic acids is 1. The lowest BCUT2D eigenvalue weighted by Gasteiger charge is -2.12. The number of amides is 1. The quantitative estimate of drug-likeness (QED) is 0.390. The largest absolute Gasteiger partial charge is 0.496 e. The van der Waals surface area contributed by atoms with Crippen molar-refractivity contribution in [3.05, 3.63) is 95.5 Å². The number of nitrogens with one attached hydrogen (secondary N) is 2. The summed E-state index contributed by atoms with van der Waals surface area (Å²) in [6, 6.07) is 23.2. The summed E-state index contributed by atoms with van der Waals surface area (Å²) in [6.45, 7) is 0. The van der Waals surface area contributed by atoms with E-state index in [1.807, 2.05) is 24.3 Å². The van der Waals surface area contributed by atoms with Gasteiger partial charge in [-0.25, -0.2) is 8.42 Å². The van der Waals surface area contributed by atoms with Crippen molar-refractivity contribution in [2.75, 3.05) is 17.1 Å². The number of ether oxygens (including phenoxy) is 1. The van der Waals surface area contributed by atoms with Crippen LogP contribution in [-0.4, -0.2) is 21.4 Å². The van der Waals surface area contributed by atoms with Gasteiger partial charge in [0.25, 0.3) is 15.9 Å². The average molecular weight is 467 g/mol. The number of sulfonamides is 1. The minimum atomic E-state index is -3.76. The summed E-state index contributed by atoms with van der Waals surface area (Å²) in [5, 5.41) is 5.10. The van der Waals surface area contributed by atoms with E-state index < -0.39 is 10.0 Å². The summed E-state index contributed by atoms with van der Waals surface area (Å²) < 4.78 is 32.9. The van der Waals surface area contributed by atoms with Gasteiger partial charge < -0.3 is 10.1 Å². The molecule has 4 aromatic carbocycles. The Morgan fingerprint density at radius 2 is 1.50 bits per heavy atom. The summed E-state index contributed by atoms with van der Waals surface area (Å²) in [7, 11) is -2.16. The molecule has 0 spiro atoms. The van der Waals surface area contributed by atoms with Crippen molar-refractivity contribution in [1.29, 1.82) is 0 Å². The number of halogens is 1. The normalized spacial score (nSPS) is 11.2. The highest BCUT2D eigenvalue weighted by atomic mass is 35.5. The molecule has 162 valence electrons. The molecule has 8 heteroatoms. The maximum Gasteiger partial charge on any atom is 0.261 e. The number of rotatable bonds is 6. The van der Waals surface area contributed by atoms with Crippen LogP contribution in [0.5, 0.6) is 5.75 Å². The molecule has 0 atom stereocenters. The van der Waals surface area contributed by atoms with Gasteiger partial charge in [0, 0.05) is 32.7 Å². The van der Waals surface area contributed by atoms with Gasteiger partial charge in [0.1, 0.15) is 5.75 Å². The van der Waals surface area contributed by atoms with E-state index in [2.05, 4.69) is 10.0 Å². The van der Waals surface area contributed by atoms with Gasteiger partial charge in [-0.15, -0.1) is 0 Å². The molecular weight excluding hydrogens is 448 g/mol. The lowest BCUT2D eigenvalue weighted by atomic mass is 10.1. The summed E-state index contributed by atoms with van der Waals surface area (Å²) in [5.74, 6) is 0.406. The molecule has 1 amide bonds. The molecule has 0 aliphatic rings. The van der Waals surface area contributed by atoms with Crippen molar-refractivity contribution in [3.63, 3.8) is 0 Å². The van der Waals surface area contributed by atoms with Crippen LogP contribution < -0.4 is 14.8 Å². The molecule has 6 nitrogen and oxygen atoms in total. The number of hydrogen-bond donors (Lipinski definition) is 2. The molecule has 0 heterocycles. The van der Waals surface area contributed by atoms with Crippen molar-refractivity contribution in [2.24, 2.45) is 0 Å². The monoisotopic (exact) mass is 466 g/mol. The van der Waals surface area contributed by atoms with Gasteiger partial charge in [0.15, 0.2) is 0 Å². The molecular formula is C24H19ClN2O4S. The summed E-state index contributed by atoms with van der Waals surface area (Å²) in [4.78, 5) is 12.9. The van der Waals surface area contributed by atoms with E-state index in [1.54, 1.807) is 31.4 Å². The number of carbonyl (C=O) groups is 1. The molecule has 0 bridgehead atoms. The Morgan fingerprint density at radius 1 is 0.844 bits per heavy atom. The second kappa shape index (κ2) is 8.90. The molecule has 0 aliphatic carbocycles. The van der Waals surface area contributed by atoms with E-state index in [1.165, 1.54) is 36.4 Å². The van der Waals surface area contributed by atoms with Crippen molar-refractivity contribution < 1.29 is 17.9 Å². The highest BCUT2D eigenvalue weighted by Crippen LogP contribution is 2.31. The molecule has 0 saturated carbocycles.